The Hall–Kier alpha value is -1.49. The van der Waals surface area contributed by atoms with E-state index in [0.29, 0.717) is 12.8 Å². The number of amides is 1. The van der Waals surface area contributed by atoms with Crippen molar-refractivity contribution in [1.29, 1.82) is 0 Å². The molecule has 0 atom stereocenters. The highest BCUT2D eigenvalue weighted by Gasteiger charge is 2.48. The van der Waals surface area contributed by atoms with Crippen LogP contribution in [0, 0.1) is 11.6 Å². The number of hydrogen-bond donors (Lipinski definition) is 2. The number of carbonyl (C=O) groups excluding carboxylic acids is 1. The van der Waals surface area contributed by atoms with Crippen molar-refractivity contribution in [3.8, 4) is 0 Å². The minimum Gasteiger partial charge on any atom is -0.368 e. The van der Waals surface area contributed by atoms with Crippen LogP contribution in [0.4, 0.5) is 8.78 Å². The maximum absolute atomic E-state index is 13.2. The second-order valence-electron chi connectivity index (χ2n) is 4.04. The van der Waals surface area contributed by atoms with Gasteiger partial charge in [-0.3, -0.25) is 10.1 Å². The van der Waals surface area contributed by atoms with Crippen LogP contribution < -0.4 is 11.1 Å². The van der Waals surface area contributed by atoms with Gasteiger partial charge in [0.25, 0.3) is 0 Å². The highest BCUT2D eigenvalue weighted by atomic mass is 19.1. The number of nitrogens with two attached hydrogens (primary N) is 1. The molecular weight excluding hydrogens is 214 g/mol. The molecule has 0 heterocycles. The topological polar surface area (TPSA) is 55.1 Å². The molecule has 0 saturated heterocycles. The highest BCUT2D eigenvalue weighted by molar-refractivity contribution is 5.87. The van der Waals surface area contributed by atoms with E-state index in [0.717, 1.165) is 18.2 Å². The summed E-state index contributed by atoms with van der Waals surface area (Å²) < 4.78 is 26.1. The first-order valence-electron chi connectivity index (χ1n) is 5.02. The van der Waals surface area contributed by atoms with E-state index in [1.807, 2.05) is 0 Å². The summed E-state index contributed by atoms with van der Waals surface area (Å²) in [6.07, 6.45) is 1.30. The summed E-state index contributed by atoms with van der Waals surface area (Å²) in [6.45, 7) is 0.104. The Bertz CT molecular complexity index is 430. The third kappa shape index (κ3) is 2.04. The normalized spacial score (nSPS) is 17.1. The van der Waals surface area contributed by atoms with Crippen LogP contribution in [0.5, 0.6) is 0 Å². The molecule has 0 bridgehead atoms. The van der Waals surface area contributed by atoms with Crippen LogP contribution in [-0.2, 0) is 11.3 Å². The van der Waals surface area contributed by atoms with Gasteiger partial charge in [-0.1, -0.05) is 0 Å². The van der Waals surface area contributed by atoms with Crippen molar-refractivity contribution >= 4 is 5.91 Å². The van der Waals surface area contributed by atoms with E-state index < -0.39 is 23.1 Å². The number of primary amides is 1. The zero-order valence-electron chi connectivity index (χ0n) is 8.59. The molecule has 3 N–H and O–H groups in total. The summed E-state index contributed by atoms with van der Waals surface area (Å²) in [6, 6.07) is 3.23. The first-order valence-corrected chi connectivity index (χ1v) is 5.02. The Morgan fingerprint density at radius 1 is 1.44 bits per heavy atom. The Kier molecular flexibility index (Phi) is 2.63. The van der Waals surface area contributed by atoms with Gasteiger partial charge in [-0.2, -0.15) is 0 Å². The summed E-state index contributed by atoms with van der Waals surface area (Å²) >= 11 is 0. The number of hydrogen-bond acceptors (Lipinski definition) is 2. The van der Waals surface area contributed by atoms with Crippen molar-refractivity contribution in [1.82, 2.24) is 5.32 Å². The third-order valence-electron chi connectivity index (χ3n) is 2.85. The van der Waals surface area contributed by atoms with Crippen LogP contribution in [0.2, 0.25) is 0 Å². The summed E-state index contributed by atoms with van der Waals surface area (Å²) in [7, 11) is 0. The molecule has 1 aromatic rings. The van der Waals surface area contributed by atoms with Crippen LogP contribution in [0.25, 0.3) is 0 Å². The summed E-state index contributed by atoms with van der Waals surface area (Å²) in [4.78, 5) is 11.0. The molecule has 2 rings (SSSR count). The van der Waals surface area contributed by atoms with Gasteiger partial charge in [-0.15, -0.1) is 0 Å². The molecule has 0 aliphatic heterocycles. The summed E-state index contributed by atoms with van der Waals surface area (Å²) in [5.74, 6) is -1.43. The van der Waals surface area contributed by atoms with Crippen molar-refractivity contribution in [3.63, 3.8) is 0 Å². The van der Waals surface area contributed by atoms with E-state index in [2.05, 4.69) is 5.32 Å². The molecule has 16 heavy (non-hydrogen) atoms. The fourth-order valence-electron chi connectivity index (χ4n) is 1.58. The van der Waals surface area contributed by atoms with Crippen LogP contribution in [0.15, 0.2) is 18.2 Å². The molecule has 3 nitrogen and oxygen atoms in total. The molecule has 1 aliphatic carbocycles. The molecule has 0 unspecified atom stereocenters. The number of rotatable bonds is 4. The zero-order chi connectivity index (χ0) is 11.8. The molecule has 0 spiro atoms. The first kappa shape index (κ1) is 11.0. The van der Waals surface area contributed by atoms with Crippen molar-refractivity contribution in [2.45, 2.75) is 24.9 Å². The van der Waals surface area contributed by atoms with Gasteiger partial charge in [-0.05, 0) is 31.0 Å². The van der Waals surface area contributed by atoms with Gasteiger partial charge in [0.15, 0.2) is 0 Å². The van der Waals surface area contributed by atoms with Crippen LogP contribution >= 0.6 is 0 Å². The fraction of sp³-hybridized carbons (Fsp3) is 0.364. The standard InChI is InChI=1S/C11H12F2N2O/c12-8-1-2-9(13)7(5-8)6-15-11(3-4-11)10(14)16/h1-2,5,15H,3-4,6H2,(H2,14,16). The maximum atomic E-state index is 13.2. The van der Waals surface area contributed by atoms with E-state index in [1.54, 1.807) is 0 Å². The Morgan fingerprint density at radius 2 is 2.12 bits per heavy atom. The monoisotopic (exact) mass is 226 g/mol. The minimum absolute atomic E-state index is 0.104. The molecule has 1 fully saturated rings. The second kappa shape index (κ2) is 3.83. The molecular formula is C11H12F2N2O. The van der Waals surface area contributed by atoms with Gasteiger partial charge in [0.2, 0.25) is 5.91 Å². The molecule has 1 aliphatic rings. The predicted molar refractivity (Wildman–Crippen MR) is 54.4 cm³/mol. The fourth-order valence-corrected chi connectivity index (χ4v) is 1.58. The van der Waals surface area contributed by atoms with Crippen molar-refractivity contribution in [2.24, 2.45) is 5.73 Å². The number of benzene rings is 1. The first-order chi connectivity index (χ1) is 7.53. The van der Waals surface area contributed by atoms with E-state index >= 15 is 0 Å². The Balaban J connectivity index is 2.05. The van der Waals surface area contributed by atoms with Gasteiger partial charge in [-0.25, -0.2) is 8.78 Å². The average molecular weight is 226 g/mol. The SMILES string of the molecule is NC(=O)C1(NCc2cc(F)ccc2F)CC1. The van der Waals surface area contributed by atoms with Crippen molar-refractivity contribution in [3.05, 3.63) is 35.4 Å². The number of halogens is 2. The largest absolute Gasteiger partial charge is 0.368 e. The van der Waals surface area contributed by atoms with Crippen LogP contribution in [0.3, 0.4) is 0 Å². The van der Waals surface area contributed by atoms with Gasteiger partial charge >= 0.3 is 0 Å². The van der Waals surface area contributed by atoms with Gasteiger partial charge in [0.1, 0.15) is 11.6 Å². The molecule has 5 heteroatoms. The molecule has 1 aromatic carbocycles. The smallest absolute Gasteiger partial charge is 0.237 e. The number of nitrogens with one attached hydrogen (secondary N) is 1. The van der Waals surface area contributed by atoms with E-state index in [1.165, 1.54) is 0 Å². The highest BCUT2D eigenvalue weighted by Crippen LogP contribution is 2.35. The van der Waals surface area contributed by atoms with Crippen molar-refractivity contribution in [2.75, 3.05) is 0 Å². The van der Waals surface area contributed by atoms with Gasteiger partial charge in [0.05, 0.1) is 5.54 Å². The summed E-state index contributed by atoms with van der Waals surface area (Å²) in [5, 5.41) is 2.87. The van der Waals surface area contributed by atoms with E-state index in [9.17, 15) is 13.6 Å². The summed E-state index contributed by atoms with van der Waals surface area (Å²) in [5.41, 5.74) is 4.69. The Morgan fingerprint density at radius 3 is 2.69 bits per heavy atom. The lowest BCUT2D eigenvalue weighted by molar-refractivity contribution is -0.121. The third-order valence-corrected chi connectivity index (χ3v) is 2.85. The lowest BCUT2D eigenvalue weighted by Crippen LogP contribution is -2.43. The maximum Gasteiger partial charge on any atom is 0.237 e. The lowest BCUT2D eigenvalue weighted by Gasteiger charge is -2.13. The van der Waals surface area contributed by atoms with E-state index in [4.69, 9.17) is 5.73 Å². The second-order valence-corrected chi connectivity index (χ2v) is 4.04. The van der Waals surface area contributed by atoms with Gasteiger partial charge in [0, 0.05) is 12.1 Å². The molecule has 0 radical (unpaired) electrons. The molecule has 1 saturated carbocycles. The quantitative estimate of drug-likeness (QED) is 0.807. The molecule has 86 valence electrons. The number of carbonyl (C=O) groups is 1. The zero-order valence-corrected chi connectivity index (χ0v) is 8.59. The van der Waals surface area contributed by atoms with Crippen LogP contribution in [-0.4, -0.2) is 11.4 Å². The minimum atomic E-state index is -0.710. The predicted octanol–water partition coefficient (Wildman–Crippen LogP) is 1.07. The molecule has 0 aromatic heterocycles. The molecule has 1 amide bonds. The average Bonchev–Trinajstić information content (AvgIpc) is 3.00. The Labute approximate surface area is 91.6 Å². The van der Waals surface area contributed by atoms with Crippen molar-refractivity contribution < 1.29 is 13.6 Å². The van der Waals surface area contributed by atoms with Crippen LogP contribution in [0.1, 0.15) is 18.4 Å². The van der Waals surface area contributed by atoms with E-state index in [-0.39, 0.29) is 12.1 Å². The van der Waals surface area contributed by atoms with Gasteiger partial charge < -0.3 is 5.73 Å². The lowest BCUT2D eigenvalue weighted by atomic mass is 10.1.